The molecule has 0 bridgehead atoms. The minimum absolute atomic E-state index is 0.159. The number of hydrogen-bond donors (Lipinski definition) is 1. The van der Waals surface area contributed by atoms with E-state index in [1.807, 2.05) is 30.3 Å². The summed E-state index contributed by atoms with van der Waals surface area (Å²) in [6.07, 6.45) is 3.43. The van der Waals surface area contributed by atoms with Crippen molar-refractivity contribution in [2.75, 3.05) is 34.5 Å². The zero-order valence-corrected chi connectivity index (χ0v) is 15.4. The molecule has 1 heterocycles. The molecule has 0 aliphatic rings. The molecule has 26 heavy (non-hydrogen) atoms. The number of hydrogen-bond acceptors (Lipinski definition) is 5. The zero-order chi connectivity index (χ0) is 18.8. The Hall–Kier alpha value is -2.80. The number of aromatic nitrogens is 1. The van der Waals surface area contributed by atoms with Crippen LogP contribution in [-0.4, -0.2) is 50.4 Å². The molecular weight excluding hydrogens is 334 g/mol. The minimum atomic E-state index is -0.159. The van der Waals surface area contributed by atoms with Crippen LogP contribution in [0.4, 0.5) is 4.79 Å². The molecule has 7 heteroatoms. The second kappa shape index (κ2) is 10.2. The van der Waals surface area contributed by atoms with E-state index in [1.165, 1.54) is 0 Å². The van der Waals surface area contributed by atoms with Crippen LogP contribution in [0.3, 0.4) is 0 Å². The molecule has 140 valence electrons. The monoisotopic (exact) mass is 359 g/mol. The van der Waals surface area contributed by atoms with Crippen LogP contribution in [0.5, 0.6) is 11.5 Å². The molecule has 0 fully saturated rings. The molecule has 2 rings (SSSR count). The number of nitrogens with zero attached hydrogens (tertiary/aromatic N) is 2. The summed E-state index contributed by atoms with van der Waals surface area (Å²) in [4.78, 5) is 18.3. The highest BCUT2D eigenvalue weighted by atomic mass is 16.5. The zero-order valence-electron chi connectivity index (χ0n) is 15.4. The molecule has 0 spiro atoms. The van der Waals surface area contributed by atoms with Gasteiger partial charge in [-0.15, -0.1) is 0 Å². The summed E-state index contributed by atoms with van der Waals surface area (Å²) in [5.41, 5.74) is 1.93. The van der Waals surface area contributed by atoms with Gasteiger partial charge in [0.2, 0.25) is 0 Å². The molecule has 2 aromatic rings. The SMILES string of the molecule is COCCN(Cc1ccncc1)C(=O)NCc1ccc(OC)c(OC)c1. The van der Waals surface area contributed by atoms with Gasteiger partial charge in [0.25, 0.3) is 0 Å². The maximum atomic E-state index is 12.6. The lowest BCUT2D eigenvalue weighted by Crippen LogP contribution is -2.40. The smallest absolute Gasteiger partial charge is 0.318 e. The molecule has 2 amide bonds. The molecule has 1 aromatic carbocycles. The van der Waals surface area contributed by atoms with Crippen LogP contribution in [0.15, 0.2) is 42.7 Å². The minimum Gasteiger partial charge on any atom is -0.493 e. The highest BCUT2D eigenvalue weighted by Crippen LogP contribution is 2.27. The molecule has 7 nitrogen and oxygen atoms in total. The lowest BCUT2D eigenvalue weighted by atomic mass is 10.2. The summed E-state index contributed by atoms with van der Waals surface area (Å²) in [6, 6.07) is 9.18. The van der Waals surface area contributed by atoms with Crippen LogP contribution in [0.25, 0.3) is 0 Å². The van der Waals surface area contributed by atoms with Crippen molar-refractivity contribution in [3.05, 3.63) is 53.9 Å². The first kappa shape index (κ1) is 19.5. The summed E-state index contributed by atoms with van der Waals surface area (Å²) in [6.45, 7) is 1.84. The van der Waals surface area contributed by atoms with Gasteiger partial charge in [-0.3, -0.25) is 4.98 Å². The third-order valence-corrected chi connectivity index (χ3v) is 3.87. The summed E-state index contributed by atoms with van der Waals surface area (Å²) in [7, 11) is 4.79. The average Bonchev–Trinajstić information content (AvgIpc) is 2.69. The van der Waals surface area contributed by atoms with Crippen LogP contribution in [0, 0.1) is 0 Å². The number of nitrogens with one attached hydrogen (secondary N) is 1. The van der Waals surface area contributed by atoms with Gasteiger partial charge in [-0.2, -0.15) is 0 Å². The Kier molecular flexibility index (Phi) is 7.70. The second-order valence-corrected chi connectivity index (χ2v) is 5.62. The Morgan fingerprint density at radius 1 is 1.04 bits per heavy atom. The fraction of sp³-hybridized carbons (Fsp3) is 0.368. The van der Waals surface area contributed by atoms with Gasteiger partial charge in [0, 0.05) is 39.1 Å². The maximum absolute atomic E-state index is 12.6. The van der Waals surface area contributed by atoms with Crippen molar-refractivity contribution >= 4 is 6.03 Å². The number of ether oxygens (including phenoxy) is 3. The fourth-order valence-corrected chi connectivity index (χ4v) is 2.44. The van der Waals surface area contributed by atoms with Crippen LogP contribution < -0.4 is 14.8 Å². The van der Waals surface area contributed by atoms with Crippen molar-refractivity contribution in [1.29, 1.82) is 0 Å². The third kappa shape index (κ3) is 5.63. The molecule has 0 aliphatic heterocycles. The van der Waals surface area contributed by atoms with Gasteiger partial charge in [-0.05, 0) is 35.4 Å². The van der Waals surface area contributed by atoms with Gasteiger partial charge in [0.05, 0.1) is 20.8 Å². The lowest BCUT2D eigenvalue weighted by Gasteiger charge is -2.23. The van der Waals surface area contributed by atoms with Crippen molar-refractivity contribution in [1.82, 2.24) is 15.2 Å². The lowest BCUT2D eigenvalue weighted by molar-refractivity contribution is 0.146. The summed E-state index contributed by atoms with van der Waals surface area (Å²) < 4.78 is 15.6. The van der Waals surface area contributed by atoms with Crippen molar-refractivity contribution in [2.24, 2.45) is 0 Å². The number of benzene rings is 1. The number of methoxy groups -OCH3 is 3. The summed E-state index contributed by atoms with van der Waals surface area (Å²) >= 11 is 0. The molecule has 0 saturated carbocycles. The quantitative estimate of drug-likeness (QED) is 0.745. The summed E-state index contributed by atoms with van der Waals surface area (Å²) in [5, 5.41) is 2.94. The first-order chi connectivity index (χ1) is 12.7. The number of rotatable bonds is 9. The van der Waals surface area contributed by atoms with Crippen molar-refractivity contribution < 1.29 is 19.0 Å². The standard InChI is InChI=1S/C19H25N3O4/c1-24-11-10-22(14-15-6-8-20-9-7-15)19(23)21-13-16-4-5-17(25-2)18(12-16)26-3/h4-9,12H,10-11,13-14H2,1-3H3,(H,21,23). The van der Waals surface area contributed by atoms with Crippen LogP contribution in [-0.2, 0) is 17.8 Å². The van der Waals surface area contributed by atoms with E-state index in [0.717, 1.165) is 11.1 Å². The Bertz CT molecular complexity index is 694. The van der Waals surface area contributed by atoms with Crippen molar-refractivity contribution in [3.8, 4) is 11.5 Å². The van der Waals surface area contributed by atoms with Crippen LogP contribution in [0.2, 0.25) is 0 Å². The van der Waals surface area contributed by atoms with Gasteiger partial charge >= 0.3 is 6.03 Å². The van der Waals surface area contributed by atoms with E-state index in [2.05, 4.69) is 10.3 Å². The van der Waals surface area contributed by atoms with Gasteiger partial charge < -0.3 is 24.4 Å². The van der Waals surface area contributed by atoms with Crippen LogP contribution in [0.1, 0.15) is 11.1 Å². The van der Waals surface area contributed by atoms with Gasteiger partial charge in [0.15, 0.2) is 11.5 Å². The second-order valence-electron chi connectivity index (χ2n) is 5.62. The molecule has 0 aliphatic carbocycles. The predicted molar refractivity (Wildman–Crippen MR) is 98.3 cm³/mol. The van der Waals surface area contributed by atoms with Gasteiger partial charge in [0.1, 0.15) is 0 Å². The first-order valence-electron chi connectivity index (χ1n) is 8.29. The first-order valence-corrected chi connectivity index (χ1v) is 8.29. The Morgan fingerprint density at radius 2 is 1.77 bits per heavy atom. The Labute approximate surface area is 153 Å². The molecule has 0 radical (unpaired) electrons. The topological polar surface area (TPSA) is 72.9 Å². The van der Waals surface area contributed by atoms with Crippen molar-refractivity contribution in [2.45, 2.75) is 13.1 Å². The maximum Gasteiger partial charge on any atom is 0.318 e. The number of carbonyl (C=O) groups excluding carboxylic acids is 1. The molecule has 0 unspecified atom stereocenters. The number of carbonyl (C=O) groups is 1. The molecule has 0 saturated heterocycles. The Balaban J connectivity index is 1.99. The number of urea groups is 1. The molecule has 1 N–H and O–H groups in total. The van der Waals surface area contributed by atoms with E-state index < -0.39 is 0 Å². The normalized spacial score (nSPS) is 10.3. The average molecular weight is 359 g/mol. The van der Waals surface area contributed by atoms with E-state index in [9.17, 15) is 4.79 Å². The van der Waals surface area contributed by atoms with E-state index in [-0.39, 0.29) is 6.03 Å². The van der Waals surface area contributed by atoms with Crippen LogP contribution >= 0.6 is 0 Å². The van der Waals surface area contributed by atoms with E-state index >= 15 is 0 Å². The van der Waals surface area contributed by atoms with Gasteiger partial charge in [-0.25, -0.2) is 4.79 Å². The number of pyridine rings is 1. The van der Waals surface area contributed by atoms with E-state index in [0.29, 0.717) is 37.7 Å². The third-order valence-electron chi connectivity index (χ3n) is 3.87. The number of amides is 2. The largest absolute Gasteiger partial charge is 0.493 e. The fourth-order valence-electron chi connectivity index (χ4n) is 2.44. The van der Waals surface area contributed by atoms with E-state index in [4.69, 9.17) is 14.2 Å². The molecule has 0 atom stereocenters. The van der Waals surface area contributed by atoms with Crippen molar-refractivity contribution in [3.63, 3.8) is 0 Å². The Morgan fingerprint density at radius 3 is 2.42 bits per heavy atom. The summed E-state index contributed by atoms with van der Waals surface area (Å²) in [5.74, 6) is 1.29. The molecule has 1 aromatic heterocycles. The predicted octanol–water partition coefficient (Wildman–Crippen LogP) is 2.46. The van der Waals surface area contributed by atoms with E-state index in [1.54, 1.807) is 38.6 Å². The van der Waals surface area contributed by atoms with Gasteiger partial charge in [-0.1, -0.05) is 6.07 Å². The molecular formula is C19H25N3O4. The highest BCUT2D eigenvalue weighted by Gasteiger charge is 2.14. The highest BCUT2D eigenvalue weighted by molar-refractivity contribution is 5.74.